The summed E-state index contributed by atoms with van der Waals surface area (Å²) in [4.78, 5) is 25.4. The van der Waals surface area contributed by atoms with E-state index in [1.807, 2.05) is 31.2 Å². The van der Waals surface area contributed by atoms with Gasteiger partial charge in [-0.2, -0.15) is 5.10 Å². The molecule has 0 unspecified atom stereocenters. The van der Waals surface area contributed by atoms with Crippen molar-refractivity contribution in [2.75, 3.05) is 24.5 Å². The van der Waals surface area contributed by atoms with Crippen molar-refractivity contribution in [3.05, 3.63) is 48.0 Å². The summed E-state index contributed by atoms with van der Waals surface area (Å²) in [7, 11) is 1.61. The fraction of sp³-hybridized carbons (Fsp3) is 0.227. The van der Waals surface area contributed by atoms with Crippen molar-refractivity contribution in [2.24, 2.45) is 0 Å². The smallest absolute Gasteiger partial charge is 0.249 e. The van der Waals surface area contributed by atoms with E-state index >= 15 is 0 Å². The monoisotopic (exact) mass is 420 g/mol. The molecule has 3 heterocycles. The highest BCUT2D eigenvalue weighted by Gasteiger charge is 2.34. The quantitative estimate of drug-likeness (QED) is 0.672. The van der Waals surface area contributed by atoms with Crippen molar-refractivity contribution in [1.82, 2.24) is 9.78 Å². The van der Waals surface area contributed by atoms with Gasteiger partial charge in [-0.3, -0.25) is 9.59 Å². The Kier molecular flexibility index (Phi) is 4.50. The second-order valence-electron chi connectivity index (χ2n) is 7.32. The van der Waals surface area contributed by atoms with E-state index < -0.39 is 6.04 Å². The van der Waals surface area contributed by atoms with E-state index in [0.717, 1.165) is 16.9 Å². The van der Waals surface area contributed by atoms with Crippen LogP contribution in [0.3, 0.4) is 0 Å². The van der Waals surface area contributed by atoms with Crippen molar-refractivity contribution in [3.63, 3.8) is 0 Å². The van der Waals surface area contributed by atoms with Crippen LogP contribution in [0.1, 0.15) is 18.0 Å². The van der Waals surface area contributed by atoms with Gasteiger partial charge in [0, 0.05) is 22.9 Å². The van der Waals surface area contributed by atoms with Crippen LogP contribution in [0, 0.1) is 6.92 Å². The largest absolute Gasteiger partial charge is 0.497 e. The highest BCUT2D eigenvalue weighted by atomic mass is 16.7. The number of amides is 2. The van der Waals surface area contributed by atoms with Crippen LogP contribution in [0.2, 0.25) is 0 Å². The number of ether oxygens (including phenoxy) is 3. The molecule has 1 atom stereocenters. The number of hydrogen-bond acceptors (Lipinski definition) is 6. The lowest BCUT2D eigenvalue weighted by Crippen LogP contribution is -2.35. The van der Waals surface area contributed by atoms with Gasteiger partial charge >= 0.3 is 0 Å². The van der Waals surface area contributed by atoms with Gasteiger partial charge in [0.2, 0.25) is 18.6 Å². The number of methoxy groups -OCH3 is 1. The molecular weight excluding hydrogens is 400 g/mol. The highest BCUT2D eigenvalue weighted by Crippen LogP contribution is 2.37. The maximum absolute atomic E-state index is 13.1. The van der Waals surface area contributed by atoms with Crippen LogP contribution in [-0.2, 0) is 9.59 Å². The van der Waals surface area contributed by atoms with E-state index in [4.69, 9.17) is 14.2 Å². The van der Waals surface area contributed by atoms with Crippen molar-refractivity contribution in [1.29, 1.82) is 0 Å². The van der Waals surface area contributed by atoms with Crippen LogP contribution >= 0.6 is 0 Å². The summed E-state index contributed by atoms with van der Waals surface area (Å²) in [5.74, 6) is 1.88. The van der Waals surface area contributed by atoms with E-state index in [-0.39, 0.29) is 25.0 Å². The first-order valence-corrected chi connectivity index (χ1v) is 9.77. The molecule has 2 N–H and O–H groups in total. The van der Waals surface area contributed by atoms with Gasteiger partial charge in [0.1, 0.15) is 17.6 Å². The third kappa shape index (κ3) is 3.33. The first-order chi connectivity index (χ1) is 15.0. The molecule has 0 saturated heterocycles. The van der Waals surface area contributed by atoms with Crippen LogP contribution in [0.5, 0.6) is 17.2 Å². The third-order valence-electron chi connectivity index (χ3n) is 5.39. The molecule has 0 saturated carbocycles. The van der Waals surface area contributed by atoms with E-state index in [1.54, 1.807) is 30.0 Å². The minimum absolute atomic E-state index is 0.00738. The molecule has 9 heteroatoms. The van der Waals surface area contributed by atoms with Gasteiger partial charge in [0.15, 0.2) is 11.5 Å². The maximum Gasteiger partial charge on any atom is 0.249 e. The summed E-state index contributed by atoms with van der Waals surface area (Å²) in [6, 6.07) is 11.8. The number of nitrogens with one attached hydrogen (secondary N) is 2. The SMILES string of the molecule is COc1ccc(-c2nn3c(c2C)NC(=O)C[C@@H]3C(=O)Nc2ccc3c(c2)OCO3)cc1. The maximum atomic E-state index is 13.1. The predicted molar refractivity (Wildman–Crippen MR) is 112 cm³/mol. The normalized spacial score (nSPS) is 16.5. The van der Waals surface area contributed by atoms with Crippen LogP contribution in [0.15, 0.2) is 42.5 Å². The summed E-state index contributed by atoms with van der Waals surface area (Å²) in [6.07, 6.45) is -0.00738. The van der Waals surface area contributed by atoms with Gasteiger partial charge in [-0.25, -0.2) is 4.68 Å². The van der Waals surface area contributed by atoms with Crippen molar-refractivity contribution < 1.29 is 23.8 Å². The second kappa shape index (κ2) is 7.35. The van der Waals surface area contributed by atoms with Crippen LogP contribution in [0.25, 0.3) is 11.3 Å². The molecule has 5 rings (SSSR count). The lowest BCUT2D eigenvalue weighted by Gasteiger charge is -2.24. The summed E-state index contributed by atoms with van der Waals surface area (Å²) < 4.78 is 17.5. The van der Waals surface area contributed by atoms with Gasteiger partial charge in [-0.15, -0.1) is 0 Å². The predicted octanol–water partition coefficient (Wildman–Crippen LogP) is 3.12. The number of anilines is 2. The topological polar surface area (TPSA) is 104 Å². The molecule has 9 nitrogen and oxygen atoms in total. The Bertz CT molecular complexity index is 1190. The second-order valence-corrected chi connectivity index (χ2v) is 7.32. The molecule has 2 aliphatic rings. The average molecular weight is 420 g/mol. The zero-order valence-electron chi connectivity index (χ0n) is 17.0. The number of nitrogens with zero attached hydrogens (tertiary/aromatic N) is 2. The molecule has 3 aromatic rings. The lowest BCUT2D eigenvalue weighted by molar-refractivity contribution is -0.125. The van der Waals surface area contributed by atoms with E-state index in [1.165, 1.54) is 0 Å². The molecular formula is C22H20N4O5. The Morgan fingerprint density at radius 2 is 1.97 bits per heavy atom. The van der Waals surface area contributed by atoms with Gasteiger partial charge in [0.25, 0.3) is 0 Å². The van der Waals surface area contributed by atoms with E-state index in [9.17, 15) is 9.59 Å². The van der Waals surface area contributed by atoms with Crippen molar-refractivity contribution >= 4 is 23.3 Å². The molecule has 0 radical (unpaired) electrons. The van der Waals surface area contributed by atoms with Gasteiger partial charge < -0.3 is 24.8 Å². The first kappa shape index (κ1) is 19.0. The molecule has 1 aromatic heterocycles. The molecule has 2 aliphatic heterocycles. The van der Waals surface area contributed by atoms with Crippen molar-refractivity contribution in [2.45, 2.75) is 19.4 Å². The standard InChI is InChI=1S/C22H20N4O5/c1-12-20(13-3-6-15(29-2)7-4-13)25-26-16(10-19(27)24-21(12)26)22(28)23-14-5-8-17-18(9-14)31-11-30-17/h3-9,16H,10-11H2,1-2H3,(H,23,28)(H,24,27)/t16-/m1/s1. The molecule has 0 spiro atoms. The number of hydrogen-bond donors (Lipinski definition) is 2. The Hall–Kier alpha value is -4.01. The minimum atomic E-state index is -0.778. The van der Waals surface area contributed by atoms with Crippen molar-refractivity contribution in [3.8, 4) is 28.5 Å². The molecule has 2 amide bonds. The number of rotatable bonds is 4. The summed E-state index contributed by atoms with van der Waals surface area (Å²) in [6.45, 7) is 2.02. The van der Waals surface area contributed by atoms with E-state index in [2.05, 4.69) is 15.7 Å². The Morgan fingerprint density at radius 3 is 2.74 bits per heavy atom. The highest BCUT2D eigenvalue weighted by molar-refractivity contribution is 6.02. The van der Waals surface area contributed by atoms with Gasteiger partial charge in [-0.05, 0) is 43.3 Å². The summed E-state index contributed by atoms with van der Waals surface area (Å²) in [5.41, 5.74) is 2.91. The number of aromatic nitrogens is 2. The number of fused-ring (bicyclic) bond motifs is 2. The van der Waals surface area contributed by atoms with Crippen LogP contribution in [0.4, 0.5) is 11.5 Å². The Labute approximate surface area is 177 Å². The first-order valence-electron chi connectivity index (χ1n) is 9.77. The van der Waals surface area contributed by atoms with E-state index in [0.29, 0.717) is 28.7 Å². The van der Waals surface area contributed by atoms with Gasteiger partial charge in [-0.1, -0.05) is 0 Å². The molecule has 0 fully saturated rings. The fourth-order valence-corrected chi connectivity index (χ4v) is 3.77. The summed E-state index contributed by atoms with van der Waals surface area (Å²) in [5, 5.41) is 10.4. The molecule has 0 bridgehead atoms. The molecule has 31 heavy (non-hydrogen) atoms. The number of carbonyl (C=O) groups is 2. The number of benzene rings is 2. The third-order valence-corrected chi connectivity index (χ3v) is 5.39. The molecule has 158 valence electrons. The zero-order chi connectivity index (χ0) is 21.5. The molecule has 0 aliphatic carbocycles. The molecule has 2 aromatic carbocycles. The summed E-state index contributed by atoms with van der Waals surface area (Å²) >= 11 is 0. The Morgan fingerprint density at radius 1 is 1.19 bits per heavy atom. The van der Waals surface area contributed by atoms with Crippen LogP contribution < -0.4 is 24.8 Å². The van der Waals surface area contributed by atoms with Crippen LogP contribution in [-0.4, -0.2) is 35.5 Å². The average Bonchev–Trinajstić information content (AvgIpc) is 3.37. The van der Waals surface area contributed by atoms with Gasteiger partial charge in [0.05, 0.1) is 19.2 Å². The number of carbonyl (C=O) groups excluding carboxylic acids is 2. The minimum Gasteiger partial charge on any atom is -0.497 e. The fourth-order valence-electron chi connectivity index (χ4n) is 3.77. The zero-order valence-corrected chi connectivity index (χ0v) is 17.0. The lowest BCUT2D eigenvalue weighted by atomic mass is 10.1. The Balaban J connectivity index is 1.46.